The number of nitrogens with two attached hydrogens (primary N) is 1. The third kappa shape index (κ3) is 4.27. The molecule has 0 unspecified atom stereocenters. The molecule has 0 radical (unpaired) electrons. The van der Waals surface area contributed by atoms with E-state index in [9.17, 15) is 9.59 Å². The Morgan fingerprint density at radius 2 is 2.11 bits per heavy atom. The summed E-state index contributed by atoms with van der Waals surface area (Å²) < 4.78 is 0. The molecule has 0 aromatic heterocycles. The molecular weight excluding hydrogens is 268 g/mol. The van der Waals surface area contributed by atoms with Gasteiger partial charge in [0.25, 0.3) is 5.91 Å². The molecule has 3 N–H and O–H groups in total. The van der Waals surface area contributed by atoms with Crippen molar-refractivity contribution in [1.82, 2.24) is 5.32 Å². The van der Waals surface area contributed by atoms with Crippen LogP contribution in [-0.4, -0.2) is 29.9 Å². The highest BCUT2D eigenvalue weighted by Gasteiger charge is 2.19. The zero-order chi connectivity index (χ0) is 13.5. The number of hydrogen-bond donors (Lipinski definition) is 3. The summed E-state index contributed by atoms with van der Waals surface area (Å²) in [6, 6.07) is 6.27. The van der Waals surface area contributed by atoms with Crippen LogP contribution in [0, 0.1) is 0 Å². The van der Waals surface area contributed by atoms with Gasteiger partial charge in [-0.05, 0) is 30.6 Å². The molecule has 1 aromatic rings. The molecule has 0 aliphatic rings. The molecule has 0 heterocycles. The average molecular weight is 284 g/mol. The summed E-state index contributed by atoms with van der Waals surface area (Å²) in [5, 5.41) is 2.63. The molecule has 6 heteroatoms. The predicted molar refractivity (Wildman–Crippen MR) is 77.1 cm³/mol. The number of primary amides is 1. The quantitative estimate of drug-likeness (QED) is 0.690. The van der Waals surface area contributed by atoms with E-state index in [4.69, 9.17) is 5.73 Å². The molecule has 0 spiro atoms. The molecule has 0 aliphatic carbocycles. The van der Waals surface area contributed by atoms with Gasteiger partial charge in [0.05, 0.1) is 5.56 Å². The number of nitrogens with one attached hydrogen (secondary N) is 1. The summed E-state index contributed by atoms with van der Waals surface area (Å²) in [5.74, 6) is -0.0873. The molecule has 98 valence electrons. The van der Waals surface area contributed by atoms with Gasteiger partial charge >= 0.3 is 0 Å². The Labute approximate surface area is 116 Å². The van der Waals surface area contributed by atoms with Crippen molar-refractivity contribution in [2.45, 2.75) is 17.4 Å². The Morgan fingerprint density at radius 1 is 1.44 bits per heavy atom. The lowest BCUT2D eigenvalue weighted by Crippen LogP contribution is -2.44. The SMILES string of the molecule is CSCC[C@H](NC(=O)c1ccccc1S)C(N)=O. The minimum atomic E-state index is -0.641. The number of thioether (sulfide) groups is 1. The topological polar surface area (TPSA) is 72.2 Å². The van der Waals surface area contributed by atoms with E-state index in [1.54, 1.807) is 36.0 Å². The summed E-state index contributed by atoms with van der Waals surface area (Å²) in [4.78, 5) is 23.8. The van der Waals surface area contributed by atoms with Gasteiger partial charge in [-0.2, -0.15) is 11.8 Å². The molecule has 2 amide bonds. The van der Waals surface area contributed by atoms with E-state index in [2.05, 4.69) is 17.9 Å². The molecule has 18 heavy (non-hydrogen) atoms. The van der Waals surface area contributed by atoms with Gasteiger partial charge in [-0.1, -0.05) is 12.1 Å². The molecule has 0 saturated carbocycles. The molecule has 1 rings (SSSR count). The van der Waals surface area contributed by atoms with Crippen molar-refractivity contribution in [3.8, 4) is 0 Å². The molecule has 0 fully saturated rings. The number of hydrogen-bond acceptors (Lipinski definition) is 4. The molecule has 4 nitrogen and oxygen atoms in total. The predicted octanol–water partition coefficient (Wildman–Crippen LogP) is 1.31. The lowest BCUT2D eigenvalue weighted by molar-refractivity contribution is -0.119. The molecule has 0 bridgehead atoms. The van der Waals surface area contributed by atoms with Crippen LogP contribution >= 0.6 is 24.4 Å². The fourth-order valence-electron chi connectivity index (χ4n) is 1.42. The first-order chi connectivity index (χ1) is 8.56. The highest BCUT2D eigenvalue weighted by molar-refractivity contribution is 7.98. The number of carbonyl (C=O) groups excluding carboxylic acids is 2. The van der Waals surface area contributed by atoms with Crippen LogP contribution in [0.3, 0.4) is 0 Å². The standard InChI is InChI=1S/C12H16N2O2S2/c1-18-7-6-9(11(13)15)14-12(16)8-4-2-3-5-10(8)17/h2-5,9,17H,6-7H2,1H3,(H2,13,15)(H,14,16)/t9-/m0/s1. The summed E-state index contributed by atoms with van der Waals surface area (Å²) in [7, 11) is 0. The lowest BCUT2D eigenvalue weighted by atomic mass is 10.1. The second kappa shape index (κ2) is 7.33. The number of rotatable bonds is 6. The second-order valence-electron chi connectivity index (χ2n) is 3.73. The number of carbonyl (C=O) groups is 2. The van der Waals surface area contributed by atoms with E-state index in [1.807, 2.05) is 6.26 Å². The molecule has 0 aliphatic heterocycles. The first kappa shape index (κ1) is 14.9. The minimum absolute atomic E-state index is 0.328. The van der Waals surface area contributed by atoms with E-state index in [1.165, 1.54) is 0 Å². The van der Waals surface area contributed by atoms with Gasteiger partial charge in [0.2, 0.25) is 5.91 Å². The number of amides is 2. The van der Waals surface area contributed by atoms with Crippen molar-refractivity contribution in [2.75, 3.05) is 12.0 Å². The maximum Gasteiger partial charge on any atom is 0.253 e. The zero-order valence-corrected chi connectivity index (χ0v) is 11.8. The Morgan fingerprint density at radius 3 is 2.67 bits per heavy atom. The number of thiol groups is 1. The van der Waals surface area contributed by atoms with Crippen molar-refractivity contribution in [3.63, 3.8) is 0 Å². The molecule has 1 atom stereocenters. The van der Waals surface area contributed by atoms with Crippen LogP contribution in [-0.2, 0) is 4.79 Å². The number of benzene rings is 1. The smallest absolute Gasteiger partial charge is 0.253 e. The van der Waals surface area contributed by atoms with Crippen LogP contribution in [0.1, 0.15) is 16.8 Å². The van der Waals surface area contributed by atoms with Crippen LogP contribution in [0.2, 0.25) is 0 Å². The maximum atomic E-state index is 12.0. The van der Waals surface area contributed by atoms with Crippen LogP contribution < -0.4 is 11.1 Å². The van der Waals surface area contributed by atoms with Crippen molar-refractivity contribution in [1.29, 1.82) is 0 Å². The van der Waals surface area contributed by atoms with Gasteiger partial charge in [0.1, 0.15) is 6.04 Å². The van der Waals surface area contributed by atoms with E-state index in [-0.39, 0.29) is 5.91 Å². The normalized spacial score (nSPS) is 11.9. The fourth-order valence-corrected chi connectivity index (χ4v) is 2.16. The Balaban J connectivity index is 2.72. The zero-order valence-electron chi connectivity index (χ0n) is 10.1. The maximum absolute atomic E-state index is 12.0. The van der Waals surface area contributed by atoms with Gasteiger partial charge in [-0.3, -0.25) is 9.59 Å². The van der Waals surface area contributed by atoms with Crippen molar-refractivity contribution < 1.29 is 9.59 Å². The molecule has 0 saturated heterocycles. The largest absolute Gasteiger partial charge is 0.368 e. The summed E-state index contributed by atoms with van der Waals surface area (Å²) in [5.41, 5.74) is 5.70. The van der Waals surface area contributed by atoms with E-state index >= 15 is 0 Å². The molecule has 1 aromatic carbocycles. The average Bonchev–Trinajstić information content (AvgIpc) is 2.34. The summed E-state index contributed by atoms with van der Waals surface area (Å²) in [6.45, 7) is 0. The van der Waals surface area contributed by atoms with Crippen LogP contribution in [0.5, 0.6) is 0 Å². The summed E-state index contributed by atoms with van der Waals surface area (Å²) >= 11 is 5.80. The minimum Gasteiger partial charge on any atom is -0.368 e. The second-order valence-corrected chi connectivity index (χ2v) is 5.19. The van der Waals surface area contributed by atoms with E-state index < -0.39 is 11.9 Å². The first-order valence-electron chi connectivity index (χ1n) is 5.43. The van der Waals surface area contributed by atoms with Crippen LogP contribution in [0.15, 0.2) is 29.2 Å². The van der Waals surface area contributed by atoms with Gasteiger partial charge in [-0.15, -0.1) is 12.6 Å². The Bertz CT molecular complexity index is 438. The lowest BCUT2D eigenvalue weighted by Gasteiger charge is -2.15. The Kier molecular flexibility index (Phi) is 6.07. The van der Waals surface area contributed by atoms with Crippen molar-refractivity contribution >= 4 is 36.2 Å². The van der Waals surface area contributed by atoms with Gasteiger partial charge in [-0.25, -0.2) is 0 Å². The first-order valence-corrected chi connectivity index (χ1v) is 7.27. The highest BCUT2D eigenvalue weighted by Crippen LogP contribution is 2.13. The molecular formula is C12H16N2O2S2. The van der Waals surface area contributed by atoms with Crippen molar-refractivity contribution in [3.05, 3.63) is 29.8 Å². The highest BCUT2D eigenvalue weighted by atomic mass is 32.2. The van der Waals surface area contributed by atoms with E-state index in [0.29, 0.717) is 16.9 Å². The monoisotopic (exact) mass is 284 g/mol. The van der Waals surface area contributed by atoms with Crippen LogP contribution in [0.25, 0.3) is 0 Å². The van der Waals surface area contributed by atoms with Gasteiger partial charge in [0, 0.05) is 4.90 Å². The third-order valence-electron chi connectivity index (χ3n) is 2.41. The van der Waals surface area contributed by atoms with Crippen LogP contribution in [0.4, 0.5) is 0 Å². The third-order valence-corrected chi connectivity index (χ3v) is 3.44. The summed E-state index contributed by atoms with van der Waals surface area (Å²) in [6.07, 6.45) is 2.46. The Hall–Kier alpha value is -1.14. The van der Waals surface area contributed by atoms with E-state index in [0.717, 1.165) is 5.75 Å². The van der Waals surface area contributed by atoms with Gasteiger partial charge in [0.15, 0.2) is 0 Å². The van der Waals surface area contributed by atoms with Gasteiger partial charge < -0.3 is 11.1 Å². The fraction of sp³-hybridized carbons (Fsp3) is 0.333. The van der Waals surface area contributed by atoms with Crippen molar-refractivity contribution in [2.24, 2.45) is 5.73 Å².